The third-order valence-electron chi connectivity index (χ3n) is 12.9. The van der Waals surface area contributed by atoms with Crippen LogP contribution in [-0.4, -0.2) is 7.28 Å². The molecule has 0 amide bonds. The van der Waals surface area contributed by atoms with Crippen LogP contribution < -0.4 is 26.0 Å². The predicted molar refractivity (Wildman–Crippen MR) is 280 cm³/mol. The number of fused-ring (bicyclic) bond motifs is 6. The predicted octanol–water partition coefficient (Wildman–Crippen LogP) is 15.3. The Morgan fingerprint density at radius 2 is 1.06 bits per heavy atom. The van der Waals surface area contributed by atoms with Crippen LogP contribution in [0.25, 0.3) is 55.3 Å². The van der Waals surface area contributed by atoms with E-state index < -0.39 is 0 Å². The number of nitrogens with one attached hydrogen (secondary N) is 1. The van der Waals surface area contributed by atoms with Gasteiger partial charge in [-0.2, -0.15) is 0 Å². The summed E-state index contributed by atoms with van der Waals surface area (Å²) in [5, 5.41) is 6.06. The van der Waals surface area contributed by atoms with Gasteiger partial charge < -0.3 is 19.5 Å². The van der Waals surface area contributed by atoms with Crippen molar-refractivity contribution in [1.29, 1.82) is 0 Å². The average Bonchev–Trinajstić information content (AvgIpc) is 3.75. The molecular weight excluding hydrogens is 802 g/mol. The number of furan rings is 1. The molecule has 5 heteroatoms. The van der Waals surface area contributed by atoms with Gasteiger partial charge in [0.05, 0.1) is 5.69 Å². The molecule has 1 aliphatic heterocycles. The van der Waals surface area contributed by atoms with Crippen molar-refractivity contribution in [3.8, 4) is 33.4 Å². The largest absolute Gasteiger partial charge is 0.454 e. The minimum absolute atomic E-state index is 0.688. The molecule has 0 saturated heterocycles. The molecule has 11 aromatic rings. The highest BCUT2D eigenvalue weighted by atomic mass is 16.3. The molecular formula is C61H44BN3O. The number of anilines is 8. The van der Waals surface area contributed by atoms with E-state index in [1.54, 1.807) is 0 Å². The lowest BCUT2D eigenvalue weighted by Crippen LogP contribution is -2.41. The average molecular weight is 846 g/mol. The van der Waals surface area contributed by atoms with Crippen molar-refractivity contribution in [2.75, 3.05) is 15.1 Å². The summed E-state index contributed by atoms with van der Waals surface area (Å²) in [6.07, 6.45) is 0. The van der Waals surface area contributed by atoms with Gasteiger partial charge >= 0.3 is 0 Å². The number of rotatable bonds is 9. The van der Waals surface area contributed by atoms with Crippen LogP contribution in [0.2, 0.25) is 0 Å². The number of para-hydroxylation sites is 4. The fourth-order valence-electron chi connectivity index (χ4n) is 9.88. The summed E-state index contributed by atoms with van der Waals surface area (Å²) in [6, 6.07) is 84.6. The fraction of sp³-hybridized carbons (Fsp3) is 0.0164. The smallest absolute Gasteiger partial charge is 0.198 e. The Bertz CT molecular complexity index is 3510. The zero-order valence-electron chi connectivity index (χ0n) is 36.5. The Balaban J connectivity index is 1.10. The van der Waals surface area contributed by atoms with Gasteiger partial charge in [-0.3, -0.25) is 0 Å². The molecule has 0 spiro atoms. The molecule has 0 fully saturated rings. The van der Waals surface area contributed by atoms with Crippen LogP contribution in [-0.2, 0) is 0 Å². The van der Waals surface area contributed by atoms with Gasteiger partial charge in [-0.05, 0) is 131 Å². The molecule has 0 radical (unpaired) electrons. The third kappa shape index (κ3) is 6.99. The monoisotopic (exact) mass is 845 g/mol. The van der Waals surface area contributed by atoms with Crippen molar-refractivity contribution in [2.24, 2.45) is 0 Å². The molecule has 2 heterocycles. The van der Waals surface area contributed by atoms with Crippen LogP contribution in [0.5, 0.6) is 0 Å². The lowest BCUT2D eigenvalue weighted by Gasteiger charge is -2.36. The van der Waals surface area contributed by atoms with E-state index in [1.165, 1.54) is 38.7 Å². The molecule has 0 atom stereocenters. The van der Waals surface area contributed by atoms with Crippen LogP contribution in [0, 0.1) is 6.92 Å². The maximum absolute atomic E-state index is 7.03. The van der Waals surface area contributed by atoms with Crippen LogP contribution in [0.3, 0.4) is 0 Å². The van der Waals surface area contributed by atoms with E-state index in [0.29, 0.717) is 7.28 Å². The van der Waals surface area contributed by atoms with Gasteiger partial charge in [0.15, 0.2) is 12.9 Å². The van der Waals surface area contributed by atoms with E-state index in [0.717, 1.165) is 78.6 Å². The van der Waals surface area contributed by atoms with Crippen molar-refractivity contribution >= 4 is 85.6 Å². The zero-order chi connectivity index (χ0) is 44.0. The molecule has 1 N–H and O–H groups in total. The van der Waals surface area contributed by atoms with Gasteiger partial charge in [-0.25, -0.2) is 0 Å². The molecule has 0 bridgehead atoms. The van der Waals surface area contributed by atoms with E-state index in [1.807, 2.05) is 0 Å². The van der Waals surface area contributed by atoms with Crippen molar-refractivity contribution < 1.29 is 4.42 Å². The molecule has 10 aromatic carbocycles. The first-order valence-corrected chi connectivity index (χ1v) is 22.6. The molecule has 1 aromatic heterocycles. The standard InChI is InChI=1S/C61H44BN3O/c1-41-37-45(43-21-8-3-9-22-43)33-35-56(41)65-57-36-34-49(64(47-25-10-4-11-26-47)48-27-12-5-13-28-48)39-54(57)62-59-52(40-53-51-30-15-17-32-58(51)66-61(53)60(59)65)50-29-14-16-31-55(50)63-46-24-18-23-44(38-46)42-19-6-2-7-20-42/h2-40,62-63H,1H3. The van der Waals surface area contributed by atoms with Crippen molar-refractivity contribution in [3.63, 3.8) is 0 Å². The van der Waals surface area contributed by atoms with E-state index in [-0.39, 0.29) is 0 Å². The van der Waals surface area contributed by atoms with E-state index >= 15 is 0 Å². The lowest BCUT2D eigenvalue weighted by molar-refractivity contribution is 0.669. The van der Waals surface area contributed by atoms with Crippen molar-refractivity contribution in [3.05, 3.63) is 242 Å². The summed E-state index contributed by atoms with van der Waals surface area (Å²) in [7, 11) is 0.688. The summed E-state index contributed by atoms with van der Waals surface area (Å²) in [4.78, 5) is 4.83. The molecule has 0 aliphatic carbocycles. The van der Waals surface area contributed by atoms with Gasteiger partial charge in [-0.15, -0.1) is 0 Å². The first kappa shape index (κ1) is 39.1. The fourth-order valence-corrected chi connectivity index (χ4v) is 9.88. The van der Waals surface area contributed by atoms with Crippen LogP contribution in [0.1, 0.15) is 5.56 Å². The summed E-state index contributed by atoms with van der Waals surface area (Å²) in [6.45, 7) is 2.24. The number of hydrogen-bond acceptors (Lipinski definition) is 4. The van der Waals surface area contributed by atoms with Crippen molar-refractivity contribution in [2.45, 2.75) is 6.92 Å². The number of aryl methyl sites for hydroxylation is 1. The Labute approximate surface area is 385 Å². The van der Waals surface area contributed by atoms with Gasteiger partial charge in [0.2, 0.25) is 0 Å². The third-order valence-corrected chi connectivity index (χ3v) is 12.9. The molecule has 0 saturated carbocycles. The summed E-state index contributed by atoms with van der Waals surface area (Å²) in [5.74, 6) is 0. The Morgan fingerprint density at radius 1 is 0.455 bits per heavy atom. The highest BCUT2D eigenvalue weighted by molar-refractivity contribution is 6.74. The minimum atomic E-state index is 0.688. The van der Waals surface area contributed by atoms with Crippen LogP contribution >= 0.6 is 0 Å². The van der Waals surface area contributed by atoms with Gasteiger partial charge in [0.1, 0.15) is 5.58 Å². The van der Waals surface area contributed by atoms with E-state index in [9.17, 15) is 0 Å². The van der Waals surface area contributed by atoms with Crippen molar-refractivity contribution in [1.82, 2.24) is 0 Å². The maximum atomic E-state index is 7.03. The second-order valence-electron chi connectivity index (χ2n) is 17.0. The van der Waals surface area contributed by atoms with Gasteiger partial charge in [0.25, 0.3) is 0 Å². The first-order valence-electron chi connectivity index (χ1n) is 22.6. The molecule has 12 rings (SSSR count). The minimum Gasteiger partial charge on any atom is -0.454 e. The van der Waals surface area contributed by atoms with Crippen LogP contribution in [0.4, 0.5) is 45.5 Å². The number of nitrogens with zero attached hydrogens (tertiary/aromatic N) is 2. The van der Waals surface area contributed by atoms with Crippen LogP contribution in [0.15, 0.2) is 241 Å². The summed E-state index contributed by atoms with van der Waals surface area (Å²) in [5.41, 5.74) is 21.0. The molecule has 0 unspecified atom stereocenters. The number of hydrogen-bond donors (Lipinski definition) is 1. The quantitative estimate of drug-likeness (QED) is 0.147. The Hall–Kier alpha value is -8.54. The molecule has 1 aliphatic rings. The maximum Gasteiger partial charge on any atom is 0.198 e. The van der Waals surface area contributed by atoms with E-state index in [4.69, 9.17) is 4.42 Å². The van der Waals surface area contributed by atoms with E-state index in [2.05, 4.69) is 259 Å². The topological polar surface area (TPSA) is 31.6 Å². The molecule has 312 valence electrons. The molecule has 66 heavy (non-hydrogen) atoms. The highest BCUT2D eigenvalue weighted by Crippen LogP contribution is 2.47. The zero-order valence-corrected chi connectivity index (χ0v) is 36.5. The lowest BCUT2D eigenvalue weighted by atomic mass is 9.58. The summed E-state index contributed by atoms with van der Waals surface area (Å²) >= 11 is 0. The Morgan fingerprint density at radius 3 is 1.77 bits per heavy atom. The summed E-state index contributed by atoms with van der Waals surface area (Å²) < 4.78 is 7.03. The first-order chi connectivity index (χ1) is 32.6. The SMILES string of the molecule is Cc1cc(-c2ccccc2)ccc1N1c2ccc(N(c3ccccc3)c3ccccc3)cc2Bc2c(-c3ccccc3Nc3cccc(-c4ccccc4)c3)cc3c(oc4ccccc43)c21. The normalized spacial score (nSPS) is 11.8. The highest BCUT2D eigenvalue weighted by Gasteiger charge is 2.33. The second kappa shape index (κ2) is 16.5. The Kier molecular flexibility index (Phi) is 9.80. The van der Waals surface area contributed by atoms with Gasteiger partial charge in [-0.1, -0.05) is 157 Å². The molecule has 4 nitrogen and oxygen atoms in total. The van der Waals surface area contributed by atoms with Gasteiger partial charge in [0, 0.05) is 56.1 Å². The number of benzene rings is 10. The second-order valence-corrected chi connectivity index (χ2v) is 17.0.